The van der Waals surface area contributed by atoms with Crippen molar-refractivity contribution in [1.29, 1.82) is 0 Å². The lowest BCUT2D eigenvalue weighted by Gasteiger charge is -2.43. The van der Waals surface area contributed by atoms with E-state index >= 15 is 0 Å². The van der Waals surface area contributed by atoms with Gasteiger partial charge in [0.1, 0.15) is 0 Å². The van der Waals surface area contributed by atoms with E-state index < -0.39 is 48.3 Å². The largest absolute Gasteiger partial charge is 0.490 e. The summed E-state index contributed by atoms with van der Waals surface area (Å²) >= 11 is 0. The molecule has 52 heavy (non-hydrogen) atoms. The summed E-state index contributed by atoms with van der Waals surface area (Å²) in [4.78, 5) is 26.5. The van der Waals surface area contributed by atoms with E-state index in [1.165, 1.54) is 6.42 Å². The van der Waals surface area contributed by atoms with Gasteiger partial charge in [0.2, 0.25) is 5.91 Å². The molecule has 0 saturated carbocycles. The van der Waals surface area contributed by atoms with Crippen LogP contribution >= 0.6 is 0 Å². The number of halogens is 9. The van der Waals surface area contributed by atoms with Crippen molar-refractivity contribution in [1.82, 2.24) is 9.80 Å². The summed E-state index contributed by atoms with van der Waals surface area (Å²) in [7, 11) is 0. The quantitative estimate of drug-likeness (QED) is 0.222. The number of hydrogen-bond acceptors (Lipinski definition) is 4. The number of rotatable bonds is 9. The second-order valence-corrected chi connectivity index (χ2v) is 12.8. The summed E-state index contributed by atoms with van der Waals surface area (Å²) in [6.45, 7) is 3.00. The number of benzene rings is 3. The standard InChI is InChI=1S/C35H38F6N2O2.C2HF3O2/c36-34(37,38)28-20-25(21-29(22-28)35(39,40)41)24-45-31-14-19-43(32(44)15-18-42-16-8-3-9-17-42)23-30(31)33(26-10-4-1-5-11-26)27-12-6-2-7-13-27;3-2(4,5)1(6)7/h1-2,4-7,10-13,20-22,30-31,33H,3,8-9,14-19,23-24H2;(H,6,7)/t30-,31+;/m1./s1. The van der Waals surface area contributed by atoms with Crippen LogP contribution in [0.15, 0.2) is 78.9 Å². The molecule has 0 radical (unpaired) electrons. The molecule has 3 aromatic rings. The highest BCUT2D eigenvalue weighted by atomic mass is 19.4. The number of carbonyl (C=O) groups excluding carboxylic acids is 1. The Labute approximate surface area is 295 Å². The van der Waals surface area contributed by atoms with Crippen LogP contribution in [0.5, 0.6) is 0 Å². The molecule has 2 aliphatic heterocycles. The predicted octanol–water partition coefficient (Wildman–Crippen LogP) is 8.80. The zero-order valence-electron chi connectivity index (χ0n) is 28.0. The monoisotopic (exact) mass is 746 g/mol. The molecule has 2 saturated heterocycles. The average Bonchev–Trinajstić information content (AvgIpc) is 3.10. The third-order valence-corrected chi connectivity index (χ3v) is 9.14. The van der Waals surface area contributed by atoms with Crippen molar-refractivity contribution < 1.29 is 58.9 Å². The molecule has 2 atom stereocenters. The third-order valence-electron chi connectivity index (χ3n) is 9.14. The van der Waals surface area contributed by atoms with Crippen LogP contribution in [0, 0.1) is 5.92 Å². The number of carbonyl (C=O) groups is 2. The number of amides is 1. The second-order valence-electron chi connectivity index (χ2n) is 12.8. The number of alkyl halides is 9. The van der Waals surface area contributed by atoms with Crippen LogP contribution < -0.4 is 0 Å². The highest BCUT2D eigenvalue weighted by Crippen LogP contribution is 2.40. The first-order valence-corrected chi connectivity index (χ1v) is 16.7. The molecule has 6 nitrogen and oxygen atoms in total. The number of likely N-dealkylation sites (tertiary alicyclic amines) is 2. The molecular weight excluding hydrogens is 707 g/mol. The zero-order chi connectivity index (χ0) is 38.1. The van der Waals surface area contributed by atoms with Gasteiger partial charge in [0.25, 0.3) is 0 Å². The Kier molecular flexibility index (Phi) is 13.8. The molecule has 284 valence electrons. The number of aliphatic carboxylic acids is 1. The van der Waals surface area contributed by atoms with Gasteiger partial charge in [-0.2, -0.15) is 39.5 Å². The Bertz CT molecular complexity index is 1520. The number of carboxylic acids is 1. The molecule has 0 unspecified atom stereocenters. The maximum absolute atomic E-state index is 13.5. The van der Waals surface area contributed by atoms with E-state index in [2.05, 4.69) is 4.90 Å². The van der Waals surface area contributed by atoms with Gasteiger partial charge in [0.15, 0.2) is 0 Å². The van der Waals surface area contributed by atoms with E-state index in [0.29, 0.717) is 32.5 Å². The minimum atomic E-state index is -5.08. The van der Waals surface area contributed by atoms with E-state index in [9.17, 15) is 44.3 Å². The SMILES string of the molecule is O=C(CCN1CCCCC1)N1CC[C@H](OCc2cc(C(F)(F)F)cc(C(F)(F)F)c2)[C@H](C(c2ccccc2)c2ccccc2)C1.O=C(O)C(F)(F)F. The Morgan fingerprint density at radius 1 is 0.750 bits per heavy atom. The van der Waals surface area contributed by atoms with Gasteiger partial charge >= 0.3 is 24.5 Å². The molecule has 2 fully saturated rings. The van der Waals surface area contributed by atoms with Crippen LogP contribution in [-0.2, 0) is 33.3 Å². The van der Waals surface area contributed by atoms with Gasteiger partial charge < -0.3 is 19.6 Å². The first kappa shape index (κ1) is 40.7. The second kappa shape index (κ2) is 17.6. The summed E-state index contributed by atoms with van der Waals surface area (Å²) in [5.41, 5.74) is -0.959. The summed E-state index contributed by atoms with van der Waals surface area (Å²) in [6.07, 6.45) is -11.2. The normalized spacial score (nSPS) is 18.8. The Morgan fingerprint density at radius 2 is 1.25 bits per heavy atom. The van der Waals surface area contributed by atoms with Gasteiger partial charge in [0.05, 0.1) is 23.8 Å². The van der Waals surface area contributed by atoms with Crippen molar-refractivity contribution in [2.75, 3.05) is 32.7 Å². The molecule has 1 amide bonds. The lowest BCUT2D eigenvalue weighted by Crippen LogP contribution is -2.49. The molecular formula is C37H39F9N2O4. The fourth-order valence-electron chi connectivity index (χ4n) is 6.62. The molecule has 2 heterocycles. The fraction of sp³-hybridized carbons (Fsp3) is 0.459. The zero-order valence-corrected chi connectivity index (χ0v) is 28.0. The molecule has 5 rings (SSSR count). The molecule has 15 heteroatoms. The van der Waals surface area contributed by atoms with E-state index in [4.69, 9.17) is 14.6 Å². The summed E-state index contributed by atoms with van der Waals surface area (Å²) < 4.78 is 119. The predicted molar refractivity (Wildman–Crippen MR) is 173 cm³/mol. The van der Waals surface area contributed by atoms with Crippen LogP contribution in [0.4, 0.5) is 39.5 Å². The number of carboxylic acid groups (broad SMARTS) is 1. The lowest BCUT2D eigenvalue weighted by atomic mass is 9.75. The van der Waals surface area contributed by atoms with Gasteiger partial charge in [0, 0.05) is 37.9 Å². The third kappa shape index (κ3) is 11.7. The van der Waals surface area contributed by atoms with Crippen molar-refractivity contribution >= 4 is 11.9 Å². The molecule has 1 N–H and O–H groups in total. The topological polar surface area (TPSA) is 70.1 Å². The number of hydrogen-bond donors (Lipinski definition) is 1. The minimum Gasteiger partial charge on any atom is -0.475 e. The molecule has 2 aliphatic rings. The first-order chi connectivity index (χ1) is 24.4. The van der Waals surface area contributed by atoms with Crippen LogP contribution in [0.1, 0.15) is 65.8 Å². The number of piperidine rings is 2. The maximum atomic E-state index is 13.5. The maximum Gasteiger partial charge on any atom is 0.490 e. The van der Waals surface area contributed by atoms with E-state index in [1.54, 1.807) is 0 Å². The Hall–Kier alpha value is -4.11. The first-order valence-electron chi connectivity index (χ1n) is 16.7. The summed E-state index contributed by atoms with van der Waals surface area (Å²) in [5, 5.41) is 7.12. The fourth-order valence-corrected chi connectivity index (χ4v) is 6.62. The van der Waals surface area contributed by atoms with E-state index in [-0.39, 0.29) is 29.4 Å². The number of nitrogens with zero attached hydrogens (tertiary/aromatic N) is 2. The lowest BCUT2D eigenvalue weighted by molar-refractivity contribution is -0.192. The average molecular weight is 747 g/mol. The van der Waals surface area contributed by atoms with Gasteiger partial charge in [-0.25, -0.2) is 4.79 Å². The molecule has 0 aromatic heterocycles. The van der Waals surface area contributed by atoms with Crippen LogP contribution in [0.25, 0.3) is 0 Å². The highest BCUT2D eigenvalue weighted by Gasteiger charge is 2.40. The van der Waals surface area contributed by atoms with Gasteiger partial charge in [-0.15, -0.1) is 0 Å². The van der Waals surface area contributed by atoms with Crippen molar-refractivity contribution in [2.24, 2.45) is 5.92 Å². The minimum absolute atomic E-state index is 0.0385. The number of ether oxygens (including phenoxy) is 1. The summed E-state index contributed by atoms with van der Waals surface area (Å²) in [5.74, 6) is -3.23. The van der Waals surface area contributed by atoms with Crippen molar-refractivity contribution in [3.05, 3.63) is 107 Å². The van der Waals surface area contributed by atoms with Crippen LogP contribution in [0.3, 0.4) is 0 Å². The smallest absolute Gasteiger partial charge is 0.475 e. The van der Waals surface area contributed by atoms with Gasteiger partial charge in [-0.05, 0) is 67.2 Å². The molecule has 0 spiro atoms. The molecule has 0 aliphatic carbocycles. The van der Waals surface area contributed by atoms with Crippen molar-refractivity contribution in [3.8, 4) is 0 Å². The van der Waals surface area contributed by atoms with Crippen molar-refractivity contribution in [2.45, 2.75) is 69.3 Å². The van der Waals surface area contributed by atoms with E-state index in [1.807, 2.05) is 65.6 Å². The van der Waals surface area contributed by atoms with E-state index in [0.717, 1.165) is 49.2 Å². The molecule has 0 bridgehead atoms. The highest BCUT2D eigenvalue weighted by molar-refractivity contribution is 5.76. The van der Waals surface area contributed by atoms with Crippen LogP contribution in [0.2, 0.25) is 0 Å². The Balaban J connectivity index is 0.000000785. The Morgan fingerprint density at radius 3 is 1.71 bits per heavy atom. The van der Waals surface area contributed by atoms with Crippen molar-refractivity contribution in [3.63, 3.8) is 0 Å². The van der Waals surface area contributed by atoms with Crippen LogP contribution in [-0.4, -0.2) is 71.8 Å². The van der Waals surface area contributed by atoms with Gasteiger partial charge in [-0.1, -0.05) is 67.1 Å². The molecule has 3 aromatic carbocycles. The summed E-state index contributed by atoms with van der Waals surface area (Å²) in [6, 6.07) is 21.0. The van der Waals surface area contributed by atoms with Gasteiger partial charge in [-0.3, -0.25) is 4.79 Å².